The zero-order valence-electron chi connectivity index (χ0n) is 19.1. The Labute approximate surface area is 198 Å². The standard InChI is InChI=1S/C26H28N4O4/c1-29-14-22(28-15-29)17-6-9-23(21(11-17)26(27)33)34-25-18-4-5-19(25)13-30(12-18)24(32)10-16-2-7-20(31)8-3-16/h2-3,6-9,11,14-15,18-19,25,31H,4-5,10,12-13H2,1H3,(H2,27,33)/t18-,19+,25?. The average Bonchev–Trinajstić information content (AvgIpc) is 3.34. The summed E-state index contributed by atoms with van der Waals surface area (Å²) in [5.74, 6) is 0.631. The van der Waals surface area contributed by atoms with Crippen LogP contribution in [0.1, 0.15) is 28.8 Å². The molecule has 1 aliphatic carbocycles. The van der Waals surface area contributed by atoms with Gasteiger partial charge < -0.3 is 25.0 Å². The smallest absolute Gasteiger partial charge is 0.252 e. The van der Waals surface area contributed by atoms with E-state index in [0.717, 1.165) is 29.7 Å². The van der Waals surface area contributed by atoms with Gasteiger partial charge in [-0.3, -0.25) is 9.59 Å². The van der Waals surface area contributed by atoms with Gasteiger partial charge in [0.25, 0.3) is 5.91 Å². The molecule has 1 saturated heterocycles. The number of carbonyl (C=O) groups is 2. The highest BCUT2D eigenvalue weighted by Gasteiger charge is 2.45. The van der Waals surface area contributed by atoms with Gasteiger partial charge in [0.2, 0.25) is 5.91 Å². The van der Waals surface area contributed by atoms with Crippen molar-refractivity contribution >= 4 is 11.8 Å². The zero-order valence-corrected chi connectivity index (χ0v) is 19.1. The van der Waals surface area contributed by atoms with Crippen molar-refractivity contribution in [2.45, 2.75) is 25.4 Å². The number of aryl methyl sites for hydroxylation is 1. The Kier molecular flexibility index (Phi) is 5.73. The number of phenols is 1. The number of hydrogen-bond acceptors (Lipinski definition) is 5. The second-order valence-electron chi connectivity index (χ2n) is 9.32. The summed E-state index contributed by atoms with van der Waals surface area (Å²) in [6.07, 6.45) is 5.80. The number of hydrogen-bond donors (Lipinski definition) is 2. The summed E-state index contributed by atoms with van der Waals surface area (Å²) in [5.41, 5.74) is 8.48. The Morgan fingerprint density at radius 3 is 2.44 bits per heavy atom. The van der Waals surface area contributed by atoms with Gasteiger partial charge in [-0.05, 0) is 48.7 Å². The van der Waals surface area contributed by atoms with Crippen molar-refractivity contribution in [1.82, 2.24) is 14.5 Å². The summed E-state index contributed by atoms with van der Waals surface area (Å²) in [6, 6.07) is 12.2. The van der Waals surface area contributed by atoms with Gasteiger partial charge in [-0.2, -0.15) is 0 Å². The van der Waals surface area contributed by atoms with Crippen LogP contribution in [0.5, 0.6) is 11.5 Å². The zero-order chi connectivity index (χ0) is 23.8. The number of nitrogens with zero attached hydrogens (tertiary/aromatic N) is 3. The predicted molar refractivity (Wildman–Crippen MR) is 126 cm³/mol. The van der Waals surface area contributed by atoms with Crippen molar-refractivity contribution in [3.63, 3.8) is 0 Å². The third-order valence-electron chi connectivity index (χ3n) is 6.90. The fourth-order valence-corrected chi connectivity index (χ4v) is 5.16. The first kappa shape index (κ1) is 22.0. The maximum atomic E-state index is 12.9. The molecule has 2 fully saturated rings. The molecule has 0 radical (unpaired) electrons. The third kappa shape index (κ3) is 4.35. The second-order valence-corrected chi connectivity index (χ2v) is 9.32. The number of aromatic nitrogens is 2. The first-order chi connectivity index (χ1) is 16.4. The Balaban J connectivity index is 1.29. The van der Waals surface area contributed by atoms with Crippen molar-refractivity contribution in [1.29, 1.82) is 0 Å². The number of phenolic OH excluding ortho intramolecular Hbond substituents is 1. The summed E-state index contributed by atoms with van der Waals surface area (Å²) in [4.78, 5) is 31.4. The quantitative estimate of drug-likeness (QED) is 0.588. The minimum Gasteiger partial charge on any atom is -0.508 e. The molecule has 5 rings (SSSR count). The van der Waals surface area contributed by atoms with Crippen LogP contribution in [0, 0.1) is 11.8 Å². The maximum absolute atomic E-state index is 12.9. The lowest BCUT2D eigenvalue weighted by Gasteiger charge is -2.38. The second kappa shape index (κ2) is 8.85. The van der Waals surface area contributed by atoms with Crippen LogP contribution in [0.3, 0.4) is 0 Å². The number of fused-ring (bicyclic) bond motifs is 2. The van der Waals surface area contributed by atoms with Crippen molar-refractivity contribution < 1.29 is 19.4 Å². The minimum absolute atomic E-state index is 0.0588. The number of imidazole rings is 1. The Morgan fingerprint density at radius 2 is 1.82 bits per heavy atom. The van der Waals surface area contributed by atoms with Crippen LogP contribution < -0.4 is 10.5 Å². The number of rotatable bonds is 6. The maximum Gasteiger partial charge on any atom is 0.252 e. The topological polar surface area (TPSA) is 111 Å². The van der Waals surface area contributed by atoms with Gasteiger partial charge >= 0.3 is 0 Å². The lowest BCUT2D eigenvalue weighted by Crippen LogP contribution is -2.49. The fourth-order valence-electron chi connectivity index (χ4n) is 5.16. The number of ether oxygens (including phenoxy) is 1. The van der Waals surface area contributed by atoms with Crippen molar-refractivity contribution in [3.8, 4) is 22.8 Å². The molecule has 8 nitrogen and oxygen atoms in total. The fraction of sp³-hybridized carbons (Fsp3) is 0.346. The molecule has 1 saturated carbocycles. The van der Waals surface area contributed by atoms with Gasteiger partial charge in [0, 0.05) is 43.7 Å². The van der Waals surface area contributed by atoms with Gasteiger partial charge in [0.05, 0.1) is 24.0 Å². The number of aromatic hydroxyl groups is 1. The Morgan fingerprint density at radius 1 is 1.12 bits per heavy atom. The van der Waals surface area contributed by atoms with Gasteiger partial charge in [-0.15, -0.1) is 0 Å². The van der Waals surface area contributed by atoms with Crippen molar-refractivity contribution in [3.05, 3.63) is 66.1 Å². The van der Waals surface area contributed by atoms with Gasteiger partial charge in [-0.25, -0.2) is 4.98 Å². The third-order valence-corrected chi connectivity index (χ3v) is 6.90. The highest BCUT2D eigenvalue weighted by Crippen LogP contribution is 2.40. The number of primary amides is 1. The van der Waals surface area contributed by atoms with E-state index in [1.807, 2.05) is 28.8 Å². The average molecular weight is 461 g/mol. The Bertz CT molecular complexity index is 1210. The molecule has 176 valence electrons. The van der Waals surface area contributed by atoms with Crippen molar-refractivity contribution in [2.75, 3.05) is 13.1 Å². The normalized spacial score (nSPS) is 21.4. The largest absolute Gasteiger partial charge is 0.508 e. The number of carbonyl (C=O) groups excluding carboxylic acids is 2. The minimum atomic E-state index is -0.540. The molecule has 1 aliphatic heterocycles. The lowest BCUT2D eigenvalue weighted by atomic mass is 9.94. The molecule has 8 heteroatoms. The van der Waals surface area contributed by atoms with E-state index < -0.39 is 5.91 Å². The summed E-state index contributed by atoms with van der Waals surface area (Å²) in [7, 11) is 1.89. The first-order valence-corrected chi connectivity index (χ1v) is 11.5. The SMILES string of the molecule is Cn1cnc(-c2ccc(OC3[C@@H]4CC[C@H]3CN(C(=O)Cc3ccc(O)cc3)C4)c(C(N)=O)c2)c1. The van der Waals surface area contributed by atoms with E-state index in [4.69, 9.17) is 10.5 Å². The predicted octanol–water partition coefficient (Wildman–Crippen LogP) is 2.75. The van der Waals surface area contributed by atoms with Crippen LogP contribution in [-0.2, 0) is 18.3 Å². The summed E-state index contributed by atoms with van der Waals surface area (Å²) in [6.45, 7) is 1.27. The molecule has 2 aliphatic rings. The molecule has 2 heterocycles. The van der Waals surface area contributed by atoms with Gasteiger partial charge in [0.15, 0.2) is 0 Å². The molecule has 34 heavy (non-hydrogen) atoms. The molecule has 2 bridgehead atoms. The summed E-state index contributed by atoms with van der Waals surface area (Å²) < 4.78 is 8.24. The van der Waals surface area contributed by atoms with E-state index in [0.29, 0.717) is 30.8 Å². The number of amides is 2. The molecule has 2 aromatic carbocycles. The van der Waals surface area contributed by atoms with E-state index in [-0.39, 0.29) is 29.6 Å². The van der Waals surface area contributed by atoms with Crippen LogP contribution in [-0.4, -0.2) is 50.6 Å². The van der Waals surface area contributed by atoms with Crippen LogP contribution in [0.2, 0.25) is 0 Å². The molecule has 3 atom stereocenters. The summed E-state index contributed by atoms with van der Waals surface area (Å²) in [5, 5.41) is 9.45. The number of piperidine rings is 1. The van der Waals surface area contributed by atoms with E-state index in [2.05, 4.69) is 4.98 Å². The summed E-state index contributed by atoms with van der Waals surface area (Å²) >= 11 is 0. The number of likely N-dealkylation sites (tertiary alicyclic amines) is 1. The molecule has 1 unspecified atom stereocenters. The van der Waals surface area contributed by atoms with E-state index in [9.17, 15) is 14.7 Å². The molecule has 2 amide bonds. The Hall–Kier alpha value is -3.81. The molecule has 1 aromatic heterocycles. The van der Waals surface area contributed by atoms with E-state index in [1.54, 1.807) is 42.7 Å². The molecule has 3 aromatic rings. The molecule has 3 N–H and O–H groups in total. The highest BCUT2D eigenvalue weighted by atomic mass is 16.5. The lowest BCUT2D eigenvalue weighted by molar-refractivity contribution is -0.134. The molecule has 0 spiro atoms. The van der Waals surface area contributed by atoms with Gasteiger partial charge in [0.1, 0.15) is 17.6 Å². The van der Waals surface area contributed by atoms with Crippen molar-refractivity contribution in [2.24, 2.45) is 24.6 Å². The van der Waals surface area contributed by atoms with Crippen LogP contribution in [0.15, 0.2) is 55.0 Å². The molecular formula is C26H28N4O4. The van der Waals surface area contributed by atoms with E-state index in [1.165, 1.54) is 0 Å². The monoisotopic (exact) mass is 460 g/mol. The van der Waals surface area contributed by atoms with Crippen LogP contribution in [0.25, 0.3) is 11.3 Å². The first-order valence-electron chi connectivity index (χ1n) is 11.5. The number of nitrogens with two attached hydrogens (primary N) is 1. The number of benzene rings is 2. The van der Waals surface area contributed by atoms with Crippen LogP contribution in [0.4, 0.5) is 0 Å². The molecular weight excluding hydrogens is 432 g/mol. The van der Waals surface area contributed by atoms with E-state index >= 15 is 0 Å². The van der Waals surface area contributed by atoms with Gasteiger partial charge in [-0.1, -0.05) is 12.1 Å². The highest BCUT2D eigenvalue weighted by molar-refractivity contribution is 5.97. The van der Waals surface area contributed by atoms with Crippen LogP contribution >= 0.6 is 0 Å².